The number of methoxy groups -OCH3 is 1. The molecule has 0 radical (unpaired) electrons. The van der Waals surface area contributed by atoms with Crippen LogP contribution in [0.1, 0.15) is 93.4 Å². The van der Waals surface area contributed by atoms with Gasteiger partial charge in [-0.2, -0.15) is 0 Å². The van der Waals surface area contributed by atoms with Crippen LogP contribution in [-0.2, 0) is 29.2 Å². The molecule has 1 unspecified atom stereocenters. The number of benzene rings is 1. The van der Waals surface area contributed by atoms with Gasteiger partial charge < -0.3 is 40.7 Å². The summed E-state index contributed by atoms with van der Waals surface area (Å²) in [4.78, 5) is 80.6. The van der Waals surface area contributed by atoms with Gasteiger partial charge in [-0.05, 0) is 70.9 Å². The Hall–Kier alpha value is -5.50. The lowest BCUT2D eigenvalue weighted by atomic mass is 9.86. The number of hydrogen-bond donors (Lipinski definition) is 5. The first-order chi connectivity index (χ1) is 30.5. The lowest BCUT2D eigenvalue weighted by molar-refractivity contribution is -0.145. The summed E-state index contributed by atoms with van der Waals surface area (Å²) in [5.41, 5.74) is -0.828. The van der Waals surface area contributed by atoms with E-state index in [1.165, 1.54) is 30.1 Å². The van der Waals surface area contributed by atoms with Crippen LogP contribution in [0.2, 0.25) is 0 Å². The molecule has 5 amide bonds. The third kappa shape index (κ3) is 11.0. The number of likely N-dealkylation sites (N-methyl/N-ethyl adjacent to an activating group) is 1. The van der Waals surface area contributed by atoms with Crippen LogP contribution in [0.25, 0.3) is 22.3 Å². The van der Waals surface area contributed by atoms with Gasteiger partial charge >= 0.3 is 12.0 Å². The number of carbonyl (C=O) groups is 5. The number of thiazole rings is 1. The molecule has 3 aliphatic rings. The number of allylic oxidation sites excluding steroid dienone is 1. The minimum Gasteiger partial charge on any atom is -0.497 e. The van der Waals surface area contributed by atoms with Gasteiger partial charge in [-0.25, -0.2) is 32.3 Å². The minimum absolute atomic E-state index is 0.0155. The van der Waals surface area contributed by atoms with Crippen molar-refractivity contribution in [3.63, 3.8) is 0 Å². The second-order valence-electron chi connectivity index (χ2n) is 18.7. The van der Waals surface area contributed by atoms with Gasteiger partial charge in [0.2, 0.25) is 21.8 Å². The van der Waals surface area contributed by atoms with Crippen molar-refractivity contribution in [2.45, 2.75) is 134 Å². The summed E-state index contributed by atoms with van der Waals surface area (Å²) in [6, 6.07) is 2.67. The SMILES string of the molecule is COc1ccc2c(O[C@@H]3C[C@H]4C(=O)N[C@]5(C(=O)O)CC5/C=C\CCCCC[C@H](NC(=O)N[C@H](C(=O)N(C)S(=O)(=O)C(C)C)C(C)(C)C)C(=O)N4C3)cc(-c3csc(NC(C)C)n3)nc2c1. The van der Waals surface area contributed by atoms with Crippen LogP contribution in [0.4, 0.5) is 9.93 Å². The van der Waals surface area contributed by atoms with Crippen LogP contribution in [0.15, 0.2) is 41.8 Å². The lowest BCUT2D eigenvalue weighted by Gasteiger charge is -2.34. The topological polar surface area (TPSA) is 239 Å². The van der Waals surface area contributed by atoms with Gasteiger partial charge in [0.25, 0.3) is 5.91 Å². The Morgan fingerprint density at radius 3 is 2.46 bits per heavy atom. The average Bonchev–Trinajstić information content (AvgIpc) is 3.50. The van der Waals surface area contributed by atoms with Crippen molar-refractivity contribution in [3.05, 3.63) is 41.8 Å². The van der Waals surface area contributed by atoms with Crippen LogP contribution in [0.5, 0.6) is 11.5 Å². The molecule has 2 aliphatic heterocycles. The summed E-state index contributed by atoms with van der Waals surface area (Å²) in [5.74, 6) is -2.77. The molecule has 3 aromatic rings. The second-order valence-corrected chi connectivity index (χ2v) is 22.1. The van der Waals surface area contributed by atoms with E-state index in [9.17, 15) is 37.5 Å². The largest absolute Gasteiger partial charge is 0.497 e. The third-order valence-corrected chi connectivity index (χ3v) is 15.0. The van der Waals surface area contributed by atoms with Gasteiger partial charge in [0.05, 0.1) is 30.1 Å². The summed E-state index contributed by atoms with van der Waals surface area (Å²) in [5, 5.41) is 24.2. The smallest absolute Gasteiger partial charge is 0.330 e. The number of sulfonamides is 1. The molecule has 2 fully saturated rings. The van der Waals surface area contributed by atoms with E-state index in [2.05, 4.69) is 21.3 Å². The fourth-order valence-electron chi connectivity index (χ4n) is 8.17. The summed E-state index contributed by atoms with van der Waals surface area (Å²) in [6.45, 7) is 11.9. The zero-order valence-corrected chi connectivity index (χ0v) is 40.1. The Labute approximate surface area is 384 Å². The predicted molar refractivity (Wildman–Crippen MR) is 247 cm³/mol. The maximum absolute atomic E-state index is 14.9. The Morgan fingerprint density at radius 2 is 1.80 bits per heavy atom. The molecule has 1 aliphatic carbocycles. The molecule has 6 atom stereocenters. The number of pyridine rings is 1. The fraction of sp³-hybridized carbons (Fsp3) is 0.578. The predicted octanol–water partition coefficient (Wildman–Crippen LogP) is 5.29. The second kappa shape index (κ2) is 19.5. The Kier molecular flexibility index (Phi) is 14.7. The van der Waals surface area contributed by atoms with Gasteiger partial charge in [0, 0.05) is 48.3 Å². The Balaban J connectivity index is 1.34. The van der Waals surface area contributed by atoms with Crippen LogP contribution >= 0.6 is 11.3 Å². The number of urea groups is 1. The molecule has 1 saturated heterocycles. The van der Waals surface area contributed by atoms with Crippen molar-refractivity contribution in [1.29, 1.82) is 0 Å². The van der Waals surface area contributed by atoms with Crippen LogP contribution < -0.4 is 30.7 Å². The molecule has 65 heavy (non-hydrogen) atoms. The number of fused-ring (bicyclic) bond motifs is 3. The molecule has 20 heteroatoms. The van der Waals surface area contributed by atoms with Gasteiger partial charge in [-0.15, -0.1) is 11.3 Å². The Morgan fingerprint density at radius 1 is 1.06 bits per heavy atom. The van der Waals surface area contributed by atoms with Gasteiger partial charge in [-0.1, -0.05) is 45.8 Å². The fourth-order valence-corrected chi connectivity index (χ4v) is 10.0. The molecule has 0 bridgehead atoms. The van der Waals surface area contributed by atoms with E-state index in [1.807, 2.05) is 31.4 Å². The Bertz CT molecular complexity index is 2430. The van der Waals surface area contributed by atoms with Crippen molar-refractivity contribution in [1.82, 2.24) is 35.1 Å². The molecule has 1 saturated carbocycles. The van der Waals surface area contributed by atoms with E-state index in [-0.39, 0.29) is 31.8 Å². The number of ether oxygens (including phenoxy) is 2. The summed E-state index contributed by atoms with van der Waals surface area (Å²) < 4.78 is 38.9. The van der Waals surface area contributed by atoms with Gasteiger partial charge in [-0.3, -0.25) is 14.4 Å². The van der Waals surface area contributed by atoms with Crippen LogP contribution in [-0.4, -0.2) is 124 Å². The maximum Gasteiger partial charge on any atom is 0.330 e. The molecule has 0 spiro atoms. The number of carbonyl (C=O) groups excluding carboxylic acids is 4. The number of anilines is 1. The molecular weight excluding hydrogens is 877 g/mol. The highest BCUT2D eigenvalue weighted by molar-refractivity contribution is 7.90. The molecule has 4 heterocycles. The first kappa shape index (κ1) is 48.9. The van der Waals surface area contributed by atoms with Gasteiger partial charge in [0.1, 0.15) is 47.0 Å². The van der Waals surface area contributed by atoms with E-state index in [0.717, 1.165) is 13.5 Å². The number of carboxylic acids is 1. The van der Waals surface area contributed by atoms with Crippen molar-refractivity contribution in [3.8, 4) is 22.9 Å². The number of nitrogens with one attached hydrogen (secondary N) is 4. The first-order valence-corrected chi connectivity index (χ1v) is 24.4. The summed E-state index contributed by atoms with van der Waals surface area (Å²) in [7, 11) is -1.33. The summed E-state index contributed by atoms with van der Waals surface area (Å²) >= 11 is 1.43. The lowest BCUT2D eigenvalue weighted by Crippen LogP contribution is -2.60. The number of hydrogen-bond acceptors (Lipinski definition) is 13. The maximum atomic E-state index is 14.9. The average molecular weight is 939 g/mol. The monoisotopic (exact) mass is 938 g/mol. The number of carboxylic acid groups (broad SMARTS) is 1. The van der Waals surface area contributed by atoms with Gasteiger partial charge in [0.15, 0.2) is 5.13 Å². The minimum atomic E-state index is -4.03. The van der Waals surface area contributed by atoms with Crippen molar-refractivity contribution in [2.24, 2.45) is 11.3 Å². The number of rotatable bonds is 12. The normalized spacial score (nSPS) is 23.9. The van der Waals surface area contributed by atoms with Crippen molar-refractivity contribution >= 4 is 67.1 Å². The van der Waals surface area contributed by atoms with Crippen LogP contribution in [0.3, 0.4) is 0 Å². The molecule has 5 N–H and O–H groups in total. The van der Waals surface area contributed by atoms with E-state index in [4.69, 9.17) is 19.4 Å². The molecule has 18 nitrogen and oxygen atoms in total. The molecule has 6 rings (SSSR count). The van der Waals surface area contributed by atoms with E-state index >= 15 is 0 Å². The highest BCUT2D eigenvalue weighted by atomic mass is 32.2. The third-order valence-electron chi connectivity index (χ3n) is 12.1. The molecule has 2 aromatic heterocycles. The van der Waals surface area contributed by atoms with Crippen LogP contribution in [0, 0.1) is 11.3 Å². The zero-order chi connectivity index (χ0) is 47.6. The number of amides is 5. The molecule has 354 valence electrons. The standard InChI is InChI=1S/C45H62N8O10S2/c1-25(2)46-43-49-34(24-64-43)33-21-36(30-18-17-28(62-9)19-32(30)47-33)63-29-20-35-38(54)51-45(41(57)58)22-27(45)15-13-11-10-12-14-16-31(39(55)53(35)23-29)48-42(59)50-37(44(5,6)7)40(56)52(8)65(60,61)26(3)4/h13,15,17-19,21,24-27,29,31,35,37H,10-12,14,16,20,22-23H2,1-9H3,(H,46,49)(H,51,54)(H,57,58)(H2,48,50,59)/b15-13-/t27?,29-,31+,35+,37-,45-/m1/s1. The molecule has 1 aromatic carbocycles. The highest BCUT2D eigenvalue weighted by Crippen LogP contribution is 2.45. The van der Waals surface area contributed by atoms with E-state index in [0.29, 0.717) is 62.5 Å². The zero-order valence-electron chi connectivity index (χ0n) is 38.5. The van der Waals surface area contributed by atoms with Crippen molar-refractivity contribution in [2.75, 3.05) is 26.0 Å². The first-order valence-electron chi connectivity index (χ1n) is 22.0. The molecular formula is C45H62N8O10S2. The number of aromatic nitrogens is 2. The van der Waals surface area contributed by atoms with E-state index in [1.54, 1.807) is 52.1 Å². The van der Waals surface area contributed by atoms with E-state index < -0.39 is 86.1 Å². The quantitative estimate of drug-likeness (QED) is 0.145. The van der Waals surface area contributed by atoms with Crippen molar-refractivity contribution < 1.29 is 47.0 Å². The summed E-state index contributed by atoms with van der Waals surface area (Å²) in [6.07, 6.45) is 5.87. The number of nitrogens with zero attached hydrogens (tertiary/aromatic N) is 4. The highest BCUT2D eigenvalue weighted by Gasteiger charge is 2.61. The number of aliphatic carboxylic acids is 1.